The largest absolute Gasteiger partial charge is 0.489 e. The molecule has 0 atom stereocenters. The van der Waals surface area contributed by atoms with Gasteiger partial charge in [0.25, 0.3) is 0 Å². The van der Waals surface area contributed by atoms with Crippen molar-refractivity contribution < 1.29 is 4.74 Å². The fraction of sp³-hybridized carbons (Fsp3) is 0.600. The van der Waals surface area contributed by atoms with Crippen molar-refractivity contribution in [3.05, 3.63) is 28.8 Å². The highest BCUT2D eigenvalue weighted by Crippen LogP contribution is 2.30. The summed E-state index contributed by atoms with van der Waals surface area (Å²) in [5.74, 6) is 0.844. The lowest BCUT2D eigenvalue weighted by molar-refractivity contribution is 0.191. The SMILES string of the molecule is CCCNCc1cccc(Cl)c1OC(CC)CC. The van der Waals surface area contributed by atoms with Crippen LogP contribution < -0.4 is 10.1 Å². The van der Waals surface area contributed by atoms with Crippen LogP contribution in [0.3, 0.4) is 0 Å². The molecule has 1 rings (SSSR count). The summed E-state index contributed by atoms with van der Waals surface area (Å²) in [5, 5.41) is 4.10. The number of para-hydroxylation sites is 1. The number of ether oxygens (including phenoxy) is 1. The molecule has 0 fully saturated rings. The Hall–Kier alpha value is -0.730. The quantitative estimate of drug-likeness (QED) is 0.706. The maximum Gasteiger partial charge on any atom is 0.142 e. The van der Waals surface area contributed by atoms with E-state index in [1.165, 1.54) is 0 Å². The summed E-state index contributed by atoms with van der Waals surface area (Å²) >= 11 is 6.25. The van der Waals surface area contributed by atoms with Crippen molar-refractivity contribution in [2.75, 3.05) is 6.54 Å². The number of halogens is 1. The maximum absolute atomic E-state index is 6.25. The molecule has 0 aliphatic rings. The van der Waals surface area contributed by atoms with E-state index >= 15 is 0 Å². The van der Waals surface area contributed by atoms with E-state index in [2.05, 4.69) is 32.2 Å². The van der Waals surface area contributed by atoms with E-state index in [-0.39, 0.29) is 6.10 Å². The zero-order valence-electron chi connectivity index (χ0n) is 11.6. The average molecular weight is 270 g/mol. The summed E-state index contributed by atoms with van der Waals surface area (Å²) in [4.78, 5) is 0. The van der Waals surface area contributed by atoms with Gasteiger partial charge in [-0.05, 0) is 31.9 Å². The van der Waals surface area contributed by atoms with Gasteiger partial charge in [-0.25, -0.2) is 0 Å². The second-order valence-electron chi connectivity index (χ2n) is 4.46. The number of hydrogen-bond donors (Lipinski definition) is 1. The smallest absolute Gasteiger partial charge is 0.142 e. The highest BCUT2D eigenvalue weighted by Gasteiger charge is 2.12. The van der Waals surface area contributed by atoms with Crippen LogP contribution in [0.15, 0.2) is 18.2 Å². The molecule has 0 aliphatic carbocycles. The molecule has 0 heterocycles. The lowest BCUT2D eigenvalue weighted by Gasteiger charge is -2.19. The van der Waals surface area contributed by atoms with Crippen LogP contribution in [0.2, 0.25) is 5.02 Å². The molecule has 0 aliphatic heterocycles. The van der Waals surface area contributed by atoms with Crippen molar-refractivity contribution >= 4 is 11.6 Å². The van der Waals surface area contributed by atoms with Crippen LogP contribution in [0.5, 0.6) is 5.75 Å². The zero-order valence-corrected chi connectivity index (χ0v) is 12.4. The number of nitrogens with one attached hydrogen (secondary N) is 1. The van der Waals surface area contributed by atoms with E-state index < -0.39 is 0 Å². The standard InChI is InChI=1S/C15H24ClNO/c1-4-10-17-11-12-8-7-9-14(16)15(12)18-13(5-2)6-3/h7-9,13,17H,4-6,10-11H2,1-3H3. The van der Waals surface area contributed by atoms with Crippen LogP contribution in [0.1, 0.15) is 45.6 Å². The first kappa shape index (κ1) is 15.3. The Morgan fingerprint density at radius 3 is 2.56 bits per heavy atom. The second-order valence-corrected chi connectivity index (χ2v) is 4.87. The van der Waals surface area contributed by atoms with Crippen molar-refractivity contribution in [2.24, 2.45) is 0 Å². The summed E-state index contributed by atoms with van der Waals surface area (Å²) in [7, 11) is 0. The Bertz CT molecular complexity index is 350. The van der Waals surface area contributed by atoms with Crippen molar-refractivity contribution in [3.63, 3.8) is 0 Å². The van der Waals surface area contributed by atoms with Gasteiger partial charge in [0.15, 0.2) is 0 Å². The Morgan fingerprint density at radius 1 is 1.22 bits per heavy atom. The predicted octanol–water partition coefficient (Wildman–Crippen LogP) is 4.41. The molecule has 0 aromatic heterocycles. The molecule has 1 aromatic carbocycles. The van der Waals surface area contributed by atoms with E-state index in [0.29, 0.717) is 5.02 Å². The van der Waals surface area contributed by atoms with Gasteiger partial charge in [0, 0.05) is 12.1 Å². The molecule has 18 heavy (non-hydrogen) atoms. The maximum atomic E-state index is 6.25. The van der Waals surface area contributed by atoms with Crippen molar-refractivity contribution in [2.45, 2.75) is 52.7 Å². The molecule has 0 unspecified atom stereocenters. The minimum absolute atomic E-state index is 0.245. The highest BCUT2D eigenvalue weighted by molar-refractivity contribution is 6.32. The Balaban J connectivity index is 2.79. The third kappa shape index (κ3) is 4.51. The number of rotatable bonds is 8. The molecule has 0 bridgehead atoms. The van der Waals surface area contributed by atoms with Gasteiger partial charge in [-0.3, -0.25) is 0 Å². The molecule has 1 N–H and O–H groups in total. The monoisotopic (exact) mass is 269 g/mol. The molecule has 0 amide bonds. The third-order valence-electron chi connectivity index (χ3n) is 2.99. The minimum atomic E-state index is 0.245. The number of hydrogen-bond acceptors (Lipinski definition) is 2. The third-order valence-corrected chi connectivity index (χ3v) is 3.28. The van der Waals surface area contributed by atoms with Crippen LogP contribution in [0.4, 0.5) is 0 Å². The molecule has 3 heteroatoms. The first-order valence-corrected chi connectivity index (χ1v) is 7.25. The molecule has 1 aromatic rings. The van der Waals surface area contributed by atoms with Crippen LogP contribution in [-0.4, -0.2) is 12.6 Å². The van der Waals surface area contributed by atoms with Crippen LogP contribution in [0.25, 0.3) is 0 Å². The lowest BCUT2D eigenvalue weighted by Crippen LogP contribution is -2.18. The van der Waals surface area contributed by atoms with Crippen LogP contribution in [-0.2, 0) is 6.54 Å². The normalized spacial score (nSPS) is 10.9. The molecular formula is C15H24ClNO. The van der Waals surface area contributed by atoms with E-state index in [0.717, 1.165) is 43.7 Å². The number of benzene rings is 1. The Morgan fingerprint density at radius 2 is 1.94 bits per heavy atom. The Labute approximate surface area is 116 Å². The van der Waals surface area contributed by atoms with E-state index in [1.807, 2.05) is 12.1 Å². The van der Waals surface area contributed by atoms with Gasteiger partial charge in [-0.2, -0.15) is 0 Å². The fourth-order valence-corrected chi connectivity index (χ4v) is 2.09. The van der Waals surface area contributed by atoms with Crippen LogP contribution >= 0.6 is 11.6 Å². The minimum Gasteiger partial charge on any atom is -0.489 e. The van der Waals surface area contributed by atoms with Crippen molar-refractivity contribution in [1.29, 1.82) is 0 Å². The second kappa shape index (κ2) is 8.39. The molecule has 0 saturated heterocycles. The average Bonchev–Trinajstić information content (AvgIpc) is 2.38. The van der Waals surface area contributed by atoms with Gasteiger partial charge >= 0.3 is 0 Å². The molecule has 102 valence electrons. The first-order valence-electron chi connectivity index (χ1n) is 6.87. The molecular weight excluding hydrogens is 246 g/mol. The van der Waals surface area contributed by atoms with Gasteiger partial charge in [0.1, 0.15) is 5.75 Å². The highest BCUT2D eigenvalue weighted by atomic mass is 35.5. The zero-order chi connectivity index (χ0) is 13.4. The topological polar surface area (TPSA) is 21.3 Å². The lowest BCUT2D eigenvalue weighted by atomic mass is 10.1. The van der Waals surface area contributed by atoms with Crippen LogP contribution in [0, 0.1) is 0 Å². The molecule has 2 nitrogen and oxygen atoms in total. The fourth-order valence-electron chi connectivity index (χ4n) is 1.85. The van der Waals surface area contributed by atoms with Gasteiger partial charge in [-0.1, -0.05) is 44.5 Å². The molecule has 0 radical (unpaired) electrons. The summed E-state index contributed by atoms with van der Waals surface area (Å²) in [6.45, 7) is 8.26. The van der Waals surface area contributed by atoms with Gasteiger partial charge in [-0.15, -0.1) is 0 Å². The van der Waals surface area contributed by atoms with E-state index in [9.17, 15) is 0 Å². The van der Waals surface area contributed by atoms with E-state index in [1.54, 1.807) is 0 Å². The van der Waals surface area contributed by atoms with Gasteiger partial charge in [0.2, 0.25) is 0 Å². The molecule has 0 spiro atoms. The Kier molecular flexibility index (Phi) is 7.14. The first-order chi connectivity index (χ1) is 8.72. The summed E-state index contributed by atoms with van der Waals surface area (Å²) in [6, 6.07) is 5.94. The van der Waals surface area contributed by atoms with Crippen molar-refractivity contribution in [3.8, 4) is 5.75 Å². The summed E-state index contributed by atoms with van der Waals surface area (Å²) in [6.07, 6.45) is 3.38. The molecule has 0 saturated carbocycles. The van der Waals surface area contributed by atoms with Gasteiger partial charge in [0.05, 0.1) is 11.1 Å². The van der Waals surface area contributed by atoms with Crippen molar-refractivity contribution in [1.82, 2.24) is 5.32 Å². The summed E-state index contributed by atoms with van der Waals surface area (Å²) < 4.78 is 6.03. The van der Waals surface area contributed by atoms with Gasteiger partial charge < -0.3 is 10.1 Å². The predicted molar refractivity (Wildman–Crippen MR) is 78.4 cm³/mol. The summed E-state index contributed by atoms with van der Waals surface area (Å²) in [5.41, 5.74) is 1.14. The van der Waals surface area contributed by atoms with E-state index in [4.69, 9.17) is 16.3 Å².